The van der Waals surface area contributed by atoms with Crippen LogP contribution in [0.15, 0.2) is 53.4 Å². The Morgan fingerprint density at radius 1 is 1.00 bits per heavy atom. The minimum Gasteiger partial charge on any atom is -0.349 e. The summed E-state index contributed by atoms with van der Waals surface area (Å²) in [6, 6.07) is 14.4. The van der Waals surface area contributed by atoms with Crippen LogP contribution in [0.25, 0.3) is 0 Å². The van der Waals surface area contributed by atoms with Crippen molar-refractivity contribution < 1.29 is 13.2 Å². The number of benzene rings is 2. The Kier molecular flexibility index (Phi) is 5.78. The molecule has 2 aromatic rings. The van der Waals surface area contributed by atoms with E-state index in [4.69, 9.17) is 0 Å². The average Bonchev–Trinajstić information content (AvgIpc) is 2.54. The molecule has 128 valence electrons. The molecular formula is C19H23NO3S. The highest BCUT2D eigenvalue weighted by Gasteiger charge is 2.12. The summed E-state index contributed by atoms with van der Waals surface area (Å²) in [7, 11) is -3.20. The summed E-state index contributed by atoms with van der Waals surface area (Å²) in [5.41, 5.74) is 3.10. The van der Waals surface area contributed by atoms with E-state index in [9.17, 15) is 13.2 Å². The second kappa shape index (κ2) is 7.62. The number of carbonyl (C=O) groups is 1. The van der Waals surface area contributed by atoms with E-state index in [1.165, 1.54) is 11.8 Å². The summed E-state index contributed by atoms with van der Waals surface area (Å²) in [5.74, 6) is -0.0565. The first-order valence-corrected chi connectivity index (χ1v) is 9.86. The van der Waals surface area contributed by atoms with Gasteiger partial charge >= 0.3 is 0 Å². The van der Waals surface area contributed by atoms with E-state index in [-0.39, 0.29) is 16.8 Å². The van der Waals surface area contributed by atoms with Crippen LogP contribution in [0, 0.1) is 0 Å². The van der Waals surface area contributed by atoms with Crippen molar-refractivity contribution >= 4 is 15.7 Å². The molecule has 0 heterocycles. The molecule has 0 aliphatic heterocycles. The van der Waals surface area contributed by atoms with Crippen LogP contribution in [0.4, 0.5) is 0 Å². The zero-order valence-corrected chi connectivity index (χ0v) is 15.1. The zero-order chi connectivity index (χ0) is 17.7. The third-order valence-corrected chi connectivity index (χ3v) is 5.11. The first-order valence-electron chi connectivity index (χ1n) is 7.97. The molecule has 0 aromatic heterocycles. The highest BCUT2D eigenvalue weighted by molar-refractivity contribution is 7.90. The number of sulfone groups is 1. The smallest absolute Gasteiger partial charge is 0.224 e. The van der Waals surface area contributed by atoms with Crippen molar-refractivity contribution in [3.8, 4) is 0 Å². The molecule has 2 aromatic carbocycles. The Labute approximate surface area is 143 Å². The van der Waals surface area contributed by atoms with Crippen LogP contribution in [0.1, 0.15) is 36.6 Å². The van der Waals surface area contributed by atoms with Crippen LogP contribution >= 0.6 is 0 Å². The van der Waals surface area contributed by atoms with Crippen LogP contribution in [0.3, 0.4) is 0 Å². The lowest BCUT2D eigenvalue weighted by atomic mass is 10.1. The molecule has 0 saturated heterocycles. The molecule has 5 heteroatoms. The number of aryl methyl sites for hydroxylation is 1. The second-order valence-electron chi connectivity index (χ2n) is 5.98. The minimum absolute atomic E-state index is 0.0565. The summed E-state index contributed by atoms with van der Waals surface area (Å²) < 4.78 is 22.9. The van der Waals surface area contributed by atoms with Gasteiger partial charge in [-0.3, -0.25) is 4.79 Å². The first-order chi connectivity index (χ1) is 11.3. The number of hydrogen-bond acceptors (Lipinski definition) is 3. The third kappa shape index (κ3) is 4.93. The molecular weight excluding hydrogens is 322 g/mol. The molecule has 0 spiro atoms. The largest absolute Gasteiger partial charge is 0.349 e. The summed E-state index contributed by atoms with van der Waals surface area (Å²) >= 11 is 0. The molecule has 0 fully saturated rings. The normalized spacial score (nSPS) is 12.6. The first kappa shape index (κ1) is 18.2. The van der Waals surface area contributed by atoms with Gasteiger partial charge in [0.2, 0.25) is 5.91 Å². The van der Waals surface area contributed by atoms with Crippen LogP contribution < -0.4 is 5.32 Å². The van der Waals surface area contributed by atoms with E-state index >= 15 is 0 Å². The molecule has 2 rings (SSSR count). The fourth-order valence-corrected chi connectivity index (χ4v) is 3.09. The molecule has 0 radical (unpaired) electrons. The average molecular weight is 345 g/mol. The minimum atomic E-state index is -3.20. The standard InChI is InChI=1S/C19H23NO3S/c1-4-15-5-7-16(8-6-15)13-19(21)20-14(2)17-9-11-18(12-10-17)24(3,22)23/h5-12,14H,4,13H2,1-3H3,(H,20,21)/t14-/m0/s1. The highest BCUT2D eigenvalue weighted by atomic mass is 32.2. The second-order valence-corrected chi connectivity index (χ2v) is 7.99. The van der Waals surface area contributed by atoms with Gasteiger partial charge in [-0.1, -0.05) is 43.3 Å². The van der Waals surface area contributed by atoms with Crippen LogP contribution in [-0.4, -0.2) is 20.6 Å². The summed E-state index contributed by atoms with van der Waals surface area (Å²) in [6.45, 7) is 3.98. The molecule has 0 saturated carbocycles. The fraction of sp³-hybridized carbons (Fsp3) is 0.316. The van der Waals surface area contributed by atoms with Crippen molar-refractivity contribution in [3.63, 3.8) is 0 Å². The Bertz CT molecular complexity index is 794. The van der Waals surface area contributed by atoms with Crippen LogP contribution in [-0.2, 0) is 27.5 Å². The van der Waals surface area contributed by atoms with E-state index in [1.54, 1.807) is 24.3 Å². The number of hydrogen-bond donors (Lipinski definition) is 1. The molecule has 0 aliphatic carbocycles. The van der Waals surface area contributed by atoms with Gasteiger partial charge in [-0.05, 0) is 42.2 Å². The van der Waals surface area contributed by atoms with E-state index < -0.39 is 9.84 Å². The van der Waals surface area contributed by atoms with Crippen molar-refractivity contribution in [1.82, 2.24) is 5.32 Å². The molecule has 0 unspecified atom stereocenters. The molecule has 4 nitrogen and oxygen atoms in total. The van der Waals surface area contributed by atoms with Gasteiger partial charge in [-0.2, -0.15) is 0 Å². The van der Waals surface area contributed by atoms with Gasteiger partial charge < -0.3 is 5.32 Å². The number of carbonyl (C=O) groups excluding carboxylic acids is 1. The monoisotopic (exact) mass is 345 g/mol. The van der Waals surface area contributed by atoms with Crippen molar-refractivity contribution in [3.05, 3.63) is 65.2 Å². The van der Waals surface area contributed by atoms with Crippen molar-refractivity contribution in [2.75, 3.05) is 6.26 Å². The maximum Gasteiger partial charge on any atom is 0.224 e. The summed E-state index contributed by atoms with van der Waals surface area (Å²) in [6.07, 6.45) is 2.49. The SMILES string of the molecule is CCc1ccc(CC(=O)N[C@@H](C)c2ccc(S(C)(=O)=O)cc2)cc1. The molecule has 1 atom stereocenters. The summed E-state index contributed by atoms with van der Waals surface area (Å²) in [4.78, 5) is 12.4. The van der Waals surface area contributed by atoms with Crippen molar-refractivity contribution in [2.24, 2.45) is 0 Å². The number of rotatable bonds is 6. The molecule has 1 N–H and O–H groups in total. The van der Waals surface area contributed by atoms with Gasteiger partial charge in [0, 0.05) is 6.26 Å². The van der Waals surface area contributed by atoms with Gasteiger partial charge in [0.1, 0.15) is 0 Å². The van der Waals surface area contributed by atoms with E-state index in [0.29, 0.717) is 6.42 Å². The van der Waals surface area contributed by atoms with Gasteiger partial charge in [-0.25, -0.2) is 8.42 Å². The maximum absolute atomic E-state index is 12.2. The van der Waals surface area contributed by atoms with Crippen molar-refractivity contribution in [1.29, 1.82) is 0 Å². The van der Waals surface area contributed by atoms with Gasteiger partial charge in [0.05, 0.1) is 17.4 Å². The number of nitrogens with one attached hydrogen (secondary N) is 1. The van der Waals surface area contributed by atoms with E-state index in [1.807, 2.05) is 31.2 Å². The predicted molar refractivity (Wildman–Crippen MR) is 95.6 cm³/mol. The topological polar surface area (TPSA) is 63.2 Å². The van der Waals surface area contributed by atoms with E-state index in [0.717, 1.165) is 17.5 Å². The highest BCUT2D eigenvalue weighted by Crippen LogP contribution is 2.16. The molecule has 0 bridgehead atoms. The quantitative estimate of drug-likeness (QED) is 0.875. The maximum atomic E-state index is 12.2. The molecule has 24 heavy (non-hydrogen) atoms. The summed E-state index contributed by atoms with van der Waals surface area (Å²) in [5, 5.41) is 2.94. The predicted octanol–water partition coefficient (Wildman–Crippen LogP) is 3.07. The van der Waals surface area contributed by atoms with Gasteiger partial charge in [-0.15, -0.1) is 0 Å². The Morgan fingerprint density at radius 2 is 1.54 bits per heavy atom. The molecule has 1 amide bonds. The lowest BCUT2D eigenvalue weighted by Crippen LogP contribution is -2.28. The Balaban J connectivity index is 1.97. The van der Waals surface area contributed by atoms with Gasteiger partial charge in [0.15, 0.2) is 9.84 Å². The third-order valence-electron chi connectivity index (χ3n) is 3.98. The molecule has 0 aliphatic rings. The number of amides is 1. The fourth-order valence-electron chi connectivity index (χ4n) is 2.46. The lowest BCUT2D eigenvalue weighted by molar-refractivity contribution is -0.121. The van der Waals surface area contributed by atoms with Gasteiger partial charge in [0.25, 0.3) is 0 Å². The van der Waals surface area contributed by atoms with E-state index in [2.05, 4.69) is 12.2 Å². The van der Waals surface area contributed by atoms with Crippen LogP contribution in [0.2, 0.25) is 0 Å². The Morgan fingerprint density at radius 3 is 2.04 bits per heavy atom. The zero-order valence-electron chi connectivity index (χ0n) is 14.2. The van der Waals surface area contributed by atoms with Crippen molar-refractivity contribution in [2.45, 2.75) is 37.6 Å². The van der Waals surface area contributed by atoms with Crippen LogP contribution in [0.5, 0.6) is 0 Å². The Hall–Kier alpha value is -2.14. The lowest BCUT2D eigenvalue weighted by Gasteiger charge is -2.15.